The summed E-state index contributed by atoms with van der Waals surface area (Å²) in [6.45, 7) is 6.37. The Morgan fingerprint density at radius 1 is 1.20 bits per heavy atom. The minimum absolute atomic E-state index is 0.0538. The zero-order valence-electron chi connectivity index (χ0n) is 12.4. The molecule has 3 amide bonds. The maximum absolute atomic E-state index is 12.1. The highest BCUT2D eigenvalue weighted by molar-refractivity contribution is 5.94. The second-order valence-corrected chi connectivity index (χ2v) is 6.04. The number of imide groups is 1. The fraction of sp³-hybridized carbons (Fsp3) is 0.786. The molecule has 6 nitrogen and oxygen atoms in total. The number of carboxylic acid groups (broad SMARTS) is 1. The van der Waals surface area contributed by atoms with E-state index >= 15 is 0 Å². The minimum atomic E-state index is -0.934. The van der Waals surface area contributed by atoms with Crippen molar-refractivity contribution in [1.82, 2.24) is 10.2 Å². The SMILES string of the molecule is CC(C)CN(C(=O)NC(=O)CC(C)CC(=O)O)C1CC1. The Bertz CT molecular complexity index is 377. The molecule has 1 rings (SSSR count). The van der Waals surface area contributed by atoms with Gasteiger partial charge in [-0.1, -0.05) is 20.8 Å². The first-order chi connectivity index (χ1) is 9.29. The van der Waals surface area contributed by atoms with Crippen LogP contribution in [0.5, 0.6) is 0 Å². The van der Waals surface area contributed by atoms with E-state index in [1.165, 1.54) is 0 Å². The van der Waals surface area contributed by atoms with Crippen LogP contribution in [-0.4, -0.2) is 40.5 Å². The first-order valence-electron chi connectivity index (χ1n) is 7.11. The highest BCUT2D eigenvalue weighted by Crippen LogP contribution is 2.27. The third-order valence-electron chi connectivity index (χ3n) is 3.11. The summed E-state index contributed by atoms with van der Waals surface area (Å²) in [6.07, 6.45) is 1.96. The van der Waals surface area contributed by atoms with Crippen molar-refractivity contribution in [3.05, 3.63) is 0 Å². The number of urea groups is 1. The Hall–Kier alpha value is -1.59. The number of carbonyl (C=O) groups is 3. The van der Waals surface area contributed by atoms with Gasteiger partial charge in [-0.3, -0.25) is 14.9 Å². The molecule has 6 heteroatoms. The number of nitrogens with zero attached hydrogens (tertiary/aromatic N) is 1. The highest BCUT2D eigenvalue weighted by Gasteiger charge is 2.33. The van der Waals surface area contributed by atoms with Crippen molar-refractivity contribution in [3.8, 4) is 0 Å². The van der Waals surface area contributed by atoms with Crippen molar-refractivity contribution in [2.24, 2.45) is 11.8 Å². The highest BCUT2D eigenvalue weighted by atomic mass is 16.4. The zero-order chi connectivity index (χ0) is 15.3. The van der Waals surface area contributed by atoms with Gasteiger partial charge in [0, 0.05) is 25.4 Å². The summed E-state index contributed by atoms with van der Waals surface area (Å²) in [5.74, 6) is -1.27. The average molecular weight is 284 g/mol. The van der Waals surface area contributed by atoms with Gasteiger partial charge in [-0.05, 0) is 24.7 Å². The number of aliphatic carboxylic acids is 1. The Kier molecular flexibility index (Phi) is 5.98. The van der Waals surface area contributed by atoms with Crippen LogP contribution in [0.3, 0.4) is 0 Å². The number of hydrogen-bond acceptors (Lipinski definition) is 3. The van der Waals surface area contributed by atoms with Crippen LogP contribution in [0, 0.1) is 11.8 Å². The van der Waals surface area contributed by atoms with E-state index in [2.05, 4.69) is 5.32 Å². The van der Waals surface area contributed by atoms with Crippen LogP contribution < -0.4 is 5.32 Å². The Morgan fingerprint density at radius 3 is 2.25 bits per heavy atom. The number of hydrogen-bond donors (Lipinski definition) is 2. The van der Waals surface area contributed by atoms with E-state index in [1.54, 1.807) is 11.8 Å². The van der Waals surface area contributed by atoms with Crippen molar-refractivity contribution < 1.29 is 19.5 Å². The van der Waals surface area contributed by atoms with E-state index in [0.717, 1.165) is 12.8 Å². The maximum Gasteiger partial charge on any atom is 0.324 e. The lowest BCUT2D eigenvalue weighted by atomic mass is 10.0. The van der Waals surface area contributed by atoms with Crippen molar-refractivity contribution in [3.63, 3.8) is 0 Å². The van der Waals surface area contributed by atoms with Gasteiger partial charge in [0.2, 0.25) is 5.91 Å². The second kappa shape index (κ2) is 7.26. The number of carboxylic acids is 1. The molecule has 1 aliphatic carbocycles. The van der Waals surface area contributed by atoms with Gasteiger partial charge in [0.15, 0.2) is 0 Å². The third-order valence-corrected chi connectivity index (χ3v) is 3.11. The maximum atomic E-state index is 12.1. The van der Waals surface area contributed by atoms with Crippen LogP contribution >= 0.6 is 0 Å². The van der Waals surface area contributed by atoms with Gasteiger partial charge >= 0.3 is 12.0 Å². The predicted molar refractivity (Wildman–Crippen MR) is 74.1 cm³/mol. The average Bonchev–Trinajstić information content (AvgIpc) is 3.07. The molecule has 1 saturated carbocycles. The van der Waals surface area contributed by atoms with E-state index in [1.807, 2.05) is 13.8 Å². The smallest absolute Gasteiger partial charge is 0.324 e. The summed E-state index contributed by atoms with van der Waals surface area (Å²) in [4.78, 5) is 36.0. The Morgan fingerprint density at radius 2 is 1.80 bits per heavy atom. The first-order valence-corrected chi connectivity index (χ1v) is 7.11. The van der Waals surface area contributed by atoms with Gasteiger partial charge < -0.3 is 10.0 Å². The summed E-state index contributed by atoms with van der Waals surface area (Å²) in [6, 6.07) is -0.102. The monoisotopic (exact) mass is 284 g/mol. The lowest BCUT2D eigenvalue weighted by molar-refractivity contribution is -0.138. The topological polar surface area (TPSA) is 86.7 Å². The van der Waals surface area contributed by atoms with E-state index in [0.29, 0.717) is 12.5 Å². The van der Waals surface area contributed by atoms with Crippen molar-refractivity contribution in [2.75, 3.05) is 6.54 Å². The molecule has 0 aromatic carbocycles. The van der Waals surface area contributed by atoms with Gasteiger partial charge in [-0.15, -0.1) is 0 Å². The van der Waals surface area contributed by atoms with Crippen LogP contribution in [0.15, 0.2) is 0 Å². The molecule has 0 saturated heterocycles. The third kappa shape index (κ3) is 6.04. The van der Waals surface area contributed by atoms with Crippen LogP contribution in [0.1, 0.15) is 46.5 Å². The molecule has 0 aromatic heterocycles. The first kappa shape index (κ1) is 16.5. The summed E-state index contributed by atoms with van der Waals surface area (Å²) in [5, 5.41) is 11.0. The van der Waals surface area contributed by atoms with Gasteiger partial charge in [0.25, 0.3) is 0 Å². The van der Waals surface area contributed by atoms with Crippen molar-refractivity contribution >= 4 is 17.9 Å². The van der Waals surface area contributed by atoms with Crippen LogP contribution in [0.2, 0.25) is 0 Å². The molecule has 0 aromatic rings. The summed E-state index contributed by atoms with van der Waals surface area (Å²) < 4.78 is 0. The number of nitrogens with one attached hydrogen (secondary N) is 1. The zero-order valence-corrected chi connectivity index (χ0v) is 12.4. The molecule has 0 aliphatic heterocycles. The molecule has 1 atom stereocenters. The molecule has 1 fully saturated rings. The number of carbonyl (C=O) groups excluding carboxylic acids is 2. The molecule has 0 spiro atoms. The molecule has 1 unspecified atom stereocenters. The molecular weight excluding hydrogens is 260 g/mol. The Balaban J connectivity index is 2.42. The number of amides is 3. The molecule has 2 N–H and O–H groups in total. The van der Waals surface area contributed by atoms with Gasteiger partial charge in [-0.25, -0.2) is 4.79 Å². The minimum Gasteiger partial charge on any atom is -0.481 e. The van der Waals surface area contributed by atoms with Gasteiger partial charge in [0.1, 0.15) is 0 Å². The van der Waals surface area contributed by atoms with Crippen molar-refractivity contribution in [1.29, 1.82) is 0 Å². The Labute approximate surface area is 119 Å². The summed E-state index contributed by atoms with van der Waals surface area (Å²) in [5.41, 5.74) is 0. The van der Waals surface area contributed by atoms with Gasteiger partial charge in [0.05, 0.1) is 0 Å². The van der Waals surface area contributed by atoms with Crippen LogP contribution in [0.25, 0.3) is 0 Å². The normalized spacial score (nSPS) is 15.8. The lowest BCUT2D eigenvalue weighted by Gasteiger charge is -2.24. The van der Waals surface area contributed by atoms with E-state index < -0.39 is 11.9 Å². The predicted octanol–water partition coefficient (Wildman–Crippen LogP) is 1.84. The molecule has 0 radical (unpaired) electrons. The standard InChI is InChI=1S/C14H24N2O4/c1-9(2)8-16(11-4-5-11)14(20)15-12(17)6-10(3)7-13(18)19/h9-11H,4-8H2,1-3H3,(H,18,19)(H,15,17,20). The van der Waals surface area contributed by atoms with E-state index in [-0.39, 0.29) is 30.8 Å². The number of rotatable bonds is 7. The van der Waals surface area contributed by atoms with Crippen LogP contribution in [-0.2, 0) is 9.59 Å². The fourth-order valence-electron chi connectivity index (χ4n) is 2.11. The second-order valence-electron chi connectivity index (χ2n) is 6.04. The quantitative estimate of drug-likeness (QED) is 0.747. The lowest BCUT2D eigenvalue weighted by Crippen LogP contribution is -2.45. The van der Waals surface area contributed by atoms with Crippen LogP contribution in [0.4, 0.5) is 4.79 Å². The molecule has 114 valence electrons. The van der Waals surface area contributed by atoms with Crippen molar-refractivity contribution in [2.45, 2.75) is 52.5 Å². The molecule has 1 aliphatic rings. The molecular formula is C14H24N2O4. The molecule has 20 heavy (non-hydrogen) atoms. The van der Waals surface area contributed by atoms with E-state index in [9.17, 15) is 14.4 Å². The van der Waals surface area contributed by atoms with Gasteiger partial charge in [-0.2, -0.15) is 0 Å². The largest absolute Gasteiger partial charge is 0.481 e. The molecule has 0 heterocycles. The summed E-state index contributed by atoms with van der Waals surface area (Å²) >= 11 is 0. The fourth-order valence-corrected chi connectivity index (χ4v) is 2.11. The summed E-state index contributed by atoms with van der Waals surface area (Å²) in [7, 11) is 0. The molecule has 0 bridgehead atoms. The van der Waals surface area contributed by atoms with E-state index in [4.69, 9.17) is 5.11 Å².